The first-order chi connectivity index (χ1) is 10.0. The maximum Gasteiger partial charge on any atom is 0.270 e. The quantitative estimate of drug-likeness (QED) is 0.847. The van der Waals surface area contributed by atoms with Gasteiger partial charge in [-0.25, -0.2) is 0 Å². The topological polar surface area (TPSA) is 77.2 Å². The van der Waals surface area contributed by atoms with Gasteiger partial charge in [-0.1, -0.05) is 0 Å². The highest BCUT2D eigenvalue weighted by molar-refractivity contribution is 5.92. The van der Waals surface area contributed by atoms with E-state index in [9.17, 15) is 4.79 Å². The van der Waals surface area contributed by atoms with Crippen LogP contribution in [-0.4, -0.2) is 17.4 Å². The standard InChI is InChI=1S/C16H19N3O2/c1-4-18-16(20)14-9-12(5-6-19-14)21-15-8-10(2)13(17)7-11(15)3/h5-9H,4,17H2,1-3H3,(H,18,20). The van der Waals surface area contributed by atoms with Crippen molar-refractivity contribution in [2.24, 2.45) is 0 Å². The number of aryl methyl sites for hydroxylation is 2. The molecular weight excluding hydrogens is 266 g/mol. The average Bonchev–Trinajstić information content (AvgIpc) is 2.45. The molecule has 0 aliphatic heterocycles. The van der Waals surface area contributed by atoms with Gasteiger partial charge >= 0.3 is 0 Å². The number of nitrogens with two attached hydrogens (primary N) is 1. The van der Waals surface area contributed by atoms with Gasteiger partial charge in [0.25, 0.3) is 5.91 Å². The smallest absolute Gasteiger partial charge is 0.270 e. The van der Waals surface area contributed by atoms with Crippen LogP contribution in [0.1, 0.15) is 28.5 Å². The van der Waals surface area contributed by atoms with E-state index in [-0.39, 0.29) is 5.91 Å². The third-order valence-electron chi connectivity index (χ3n) is 3.09. The third-order valence-corrected chi connectivity index (χ3v) is 3.09. The maximum absolute atomic E-state index is 11.8. The summed E-state index contributed by atoms with van der Waals surface area (Å²) in [6.07, 6.45) is 1.55. The van der Waals surface area contributed by atoms with Gasteiger partial charge in [0.2, 0.25) is 0 Å². The summed E-state index contributed by atoms with van der Waals surface area (Å²) in [6, 6.07) is 7.09. The summed E-state index contributed by atoms with van der Waals surface area (Å²) in [4.78, 5) is 15.8. The van der Waals surface area contributed by atoms with Gasteiger partial charge < -0.3 is 15.8 Å². The number of hydrogen-bond donors (Lipinski definition) is 2. The monoisotopic (exact) mass is 285 g/mol. The average molecular weight is 285 g/mol. The predicted octanol–water partition coefficient (Wildman–Crippen LogP) is 2.82. The minimum absolute atomic E-state index is 0.215. The molecular formula is C16H19N3O2. The molecule has 5 nitrogen and oxygen atoms in total. The number of anilines is 1. The zero-order valence-electron chi connectivity index (χ0n) is 12.4. The van der Waals surface area contributed by atoms with E-state index in [1.807, 2.05) is 32.9 Å². The Morgan fingerprint density at radius 1 is 1.29 bits per heavy atom. The fourth-order valence-corrected chi connectivity index (χ4v) is 1.90. The lowest BCUT2D eigenvalue weighted by atomic mass is 10.1. The van der Waals surface area contributed by atoms with Crippen LogP contribution >= 0.6 is 0 Å². The van der Waals surface area contributed by atoms with Crippen LogP contribution in [0.5, 0.6) is 11.5 Å². The van der Waals surface area contributed by atoms with Crippen molar-refractivity contribution in [3.05, 3.63) is 47.3 Å². The predicted molar refractivity (Wildman–Crippen MR) is 82.6 cm³/mol. The maximum atomic E-state index is 11.8. The summed E-state index contributed by atoms with van der Waals surface area (Å²) < 4.78 is 5.84. The van der Waals surface area contributed by atoms with Gasteiger partial charge in [-0.2, -0.15) is 0 Å². The molecule has 1 heterocycles. The molecule has 2 rings (SSSR count). The number of hydrogen-bond acceptors (Lipinski definition) is 4. The first-order valence-electron chi connectivity index (χ1n) is 6.80. The van der Waals surface area contributed by atoms with Crippen molar-refractivity contribution in [2.75, 3.05) is 12.3 Å². The molecule has 0 atom stereocenters. The second-order valence-electron chi connectivity index (χ2n) is 4.81. The van der Waals surface area contributed by atoms with Gasteiger partial charge in [0.15, 0.2) is 0 Å². The minimum atomic E-state index is -0.215. The van der Waals surface area contributed by atoms with E-state index < -0.39 is 0 Å². The number of amides is 1. The largest absolute Gasteiger partial charge is 0.457 e. The van der Waals surface area contributed by atoms with Gasteiger partial charge in [-0.05, 0) is 50.1 Å². The number of nitrogens with zero attached hydrogens (tertiary/aromatic N) is 1. The first-order valence-corrected chi connectivity index (χ1v) is 6.80. The van der Waals surface area contributed by atoms with Crippen LogP contribution in [0.2, 0.25) is 0 Å². The number of benzene rings is 1. The lowest BCUT2D eigenvalue weighted by Gasteiger charge is -2.12. The second kappa shape index (κ2) is 6.26. The van der Waals surface area contributed by atoms with E-state index in [1.54, 1.807) is 18.3 Å². The van der Waals surface area contributed by atoms with Crippen molar-refractivity contribution in [3.63, 3.8) is 0 Å². The molecule has 0 bridgehead atoms. The summed E-state index contributed by atoms with van der Waals surface area (Å²) in [5, 5.41) is 2.71. The number of nitrogens with one attached hydrogen (secondary N) is 1. The van der Waals surface area contributed by atoms with Crippen molar-refractivity contribution < 1.29 is 9.53 Å². The van der Waals surface area contributed by atoms with Gasteiger partial charge in [0, 0.05) is 24.5 Å². The minimum Gasteiger partial charge on any atom is -0.457 e. The molecule has 21 heavy (non-hydrogen) atoms. The molecule has 0 aliphatic rings. The third kappa shape index (κ3) is 3.51. The first kappa shape index (κ1) is 14.8. The molecule has 3 N–H and O–H groups in total. The Kier molecular flexibility index (Phi) is 4.42. The number of ether oxygens (including phenoxy) is 1. The van der Waals surface area contributed by atoms with Crippen LogP contribution in [0, 0.1) is 13.8 Å². The summed E-state index contributed by atoms with van der Waals surface area (Å²) in [6.45, 7) is 6.27. The van der Waals surface area contributed by atoms with Crippen molar-refractivity contribution >= 4 is 11.6 Å². The molecule has 110 valence electrons. The molecule has 0 fully saturated rings. The summed E-state index contributed by atoms with van der Waals surface area (Å²) in [5.74, 6) is 1.07. The van der Waals surface area contributed by atoms with E-state index in [2.05, 4.69) is 10.3 Å². The Balaban J connectivity index is 2.26. The molecule has 0 saturated heterocycles. The molecule has 1 aromatic heterocycles. The number of carbonyl (C=O) groups excluding carboxylic acids is 1. The number of pyridine rings is 1. The highest BCUT2D eigenvalue weighted by Crippen LogP contribution is 2.28. The van der Waals surface area contributed by atoms with Crippen LogP contribution in [0.3, 0.4) is 0 Å². The fraction of sp³-hybridized carbons (Fsp3) is 0.250. The van der Waals surface area contributed by atoms with Gasteiger partial charge in [-0.3, -0.25) is 9.78 Å². The summed E-state index contributed by atoms with van der Waals surface area (Å²) in [7, 11) is 0. The Labute approximate surface area is 124 Å². The Morgan fingerprint density at radius 2 is 2.05 bits per heavy atom. The number of nitrogen functional groups attached to an aromatic ring is 1. The van der Waals surface area contributed by atoms with Crippen LogP contribution in [0.4, 0.5) is 5.69 Å². The highest BCUT2D eigenvalue weighted by Gasteiger charge is 2.09. The van der Waals surface area contributed by atoms with Crippen molar-refractivity contribution in [1.82, 2.24) is 10.3 Å². The molecule has 0 unspecified atom stereocenters. The molecule has 0 radical (unpaired) electrons. The molecule has 1 amide bonds. The Bertz CT molecular complexity index is 669. The van der Waals surface area contributed by atoms with Crippen molar-refractivity contribution in [1.29, 1.82) is 0 Å². The van der Waals surface area contributed by atoms with Gasteiger partial charge in [-0.15, -0.1) is 0 Å². The van der Waals surface area contributed by atoms with Crippen molar-refractivity contribution in [3.8, 4) is 11.5 Å². The number of carbonyl (C=O) groups is 1. The molecule has 0 spiro atoms. The lowest BCUT2D eigenvalue weighted by molar-refractivity contribution is 0.0950. The normalized spacial score (nSPS) is 10.2. The van der Waals surface area contributed by atoms with E-state index >= 15 is 0 Å². The number of aromatic nitrogens is 1. The van der Waals surface area contributed by atoms with Crippen LogP contribution < -0.4 is 15.8 Å². The Morgan fingerprint density at radius 3 is 2.76 bits per heavy atom. The van der Waals surface area contributed by atoms with Gasteiger partial charge in [0.1, 0.15) is 17.2 Å². The van der Waals surface area contributed by atoms with Crippen LogP contribution in [0.25, 0.3) is 0 Å². The zero-order valence-corrected chi connectivity index (χ0v) is 12.4. The summed E-state index contributed by atoms with van der Waals surface area (Å²) in [5.41, 5.74) is 8.82. The van der Waals surface area contributed by atoms with Crippen molar-refractivity contribution in [2.45, 2.75) is 20.8 Å². The van der Waals surface area contributed by atoms with Crippen LogP contribution in [-0.2, 0) is 0 Å². The molecule has 1 aromatic carbocycles. The SMILES string of the molecule is CCNC(=O)c1cc(Oc2cc(C)c(N)cc2C)ccn1. The molecule has 5 heteroatoms. The zero-order chi connectivity index (χ0) is 15.4. The second-order valence-corrected chi connectivity index (χ2v) is 4.81. The van der Waals surface area contributed by atoms with Crippen LogP contribution in [0.15, 0.2) is 30.5 Å². The van der Waals surface area contributed by atoms with E-state index in [1.165, 1.54) is 0 Å². The number of rotatable bonds is 4. The summed E-state index contributed by atoms with van der Waals surface area (Å²) >= 11 is 0. The highest BCUT2D eigenvalue weighted by atomic mass is 16.5. The molecule has 2 aromatic rings. The molecule has 0 aliphatic carbocycles. The van der Waals surface area contributed by atoms with E-state index in [4.69, 9.17) is 10.5 Å². The molecule has 0 saturated carbocycles. The van der Waals surface area contributed by atoms with Gasteiger partial charge in [0.05, 0.1) is 0 Å². The fourth-order valence-electron chi connectivity index (χ4n) is 1.90. The lowest BCUT2D eigenvalue weighted by Crippen LogP contribution is -2.23. The van der Waals surface area contributed by atoms with E-state index in [0.29, 0.717) is 18.0 Å². The van der Waals surface area contributed by atoms with E-state index in [0.717, 1.165) is 22.6 Å². The Hall–Kier alpha value is -2.56.